The number of hydrogen-bond donors (Lipinski definition) is 1. The lowest BCUT2D eigenvalue weighted by Gasteiger charge is -2.37. The molecule has 2 fully saturated rings. The maximum absolute atomic E-state index is 13.2. The van der Waals surface area contributed by atoms with Crippen LogP contribution in [0.5, 0.6) is 0 Å². The number of rotatable bonds is 3. The molecule has 1 saturated carbocycles. The van der Waals surface area contributed by atoms with Gasteiger partial charge in [0, 0.05) is 18.3 Å². The molecule has 6 heteroatoms. The summed E-state index contributed by atoms with van der Waals surface area (Å²) < 4.78 is 39.3. The zero-order valence-electron chi connectivity index (χ0n) is 14.3. The van der Waals surface area contributed by atoms with Crippen molar-refractivity contribution in [2.45, 2.75) is 57.2 Å². The molecule has 0 unspecified atom stereocenters. The van der Waals surface area contributed by atoms with Crippen molar-refractivity contribution in [2.24, 2.45) is 5.92 Å². The minimum atomic E-state index is -4.40. The van der Waals surface area contributed by atoms with Gasteiger partial charge in [-0.1, -0.05) is 25.3 Å². The Balaban J connectivity index is 1.91. The summed E-state index contributed by atoms with van der Waals surface area (Å²) in [6.07, 6.45) is 2.23. The lowest BCUT2D eigenvalue weighted by molar-refractivity contribution is -0.137. The Morgan fingerprint density at radius 1 is 1.08 bits per heavy atom. The van der Waals surface area contributed by atoms with Crippen molar-refractivity contribution in [3.05, 3.63) is 29.8 Å². The van der Waals surface area contributed by atoms with Gasteiger partial charge in [0.1, 0.15) is 0 Å². The lowest BCUT2D eigenvalue weighted by atomic mass is 9.91. The maximum Gasteiger partial charge on any atom is 0.416 e. The fourth-order valence-electron chi connectivity index (χ4n) is 3.95. The summed E-state index contributed by atoms with van der Waals surface area (Å²) in [4.78, 5) is 14.8. The van der Waals surface area contributed by atoms with Crippen molar-refractivity contribution in [3.63, 3.8) is 0 Å². The third kappa shape index (κ3) is 4.35. The zero-order valence-corrected chi connectivity index (χ0v) is 14.3. The number of carbonyl (C=O) groups is 1. The van der Waals surface area contributed by atoms with E-state index >= 15 is 0 Å². The van der Waals surface area contributed by atoms with Gasteiger partial charge in [-0.3, -0.25) is 4.79 Å². The van der Waals surface area contributed by atoms with Gasteiger partial charge in [0.2, 0.25) is 5.91 Å². The summed E-state index contributed by atoms with van der Waals surface area (Å²) in [5.41, 5.74) is -0.308. The van der Waals surface area contributed by atoms with Gasteiger partial charge in [-0.05, 0) is 50.4 Å². The fraction of sp³-hybridized carbons (Fsp3) is 0.632. The third-order valence-electron chi connectivity index (χ3n) is 5.28. The summed E-state index contributed by atoms with van der Waals surface area (Å²) in [5.74, 6) is -0.177. The van der Waals surface area contributed by atoms with E-state index < -0.39 is 11.7 Å². The molecular formula is C19H25F3N2O. The SMILES string of the molecule is O=C([C@H]1CCCNC1)N(c1cccc(C(F)(F)F)c1)C1CCCCC1. The molecule has 2 aliphatic rings. The smallest absolute Gasteiger partial charge is 0.316 e. The first-order valence-corrected chi connectivity index (χ1v) is 9.18. The van der Waals surface area contributed by atoms with Gasteiger partial charge < -0.3 is 10.2 Å². The molecule has 1 heterocycles. The highest BCUT2D eigenvalue weighted by Gasteiger charge is 2.35. The van der Waals surface area contributed by atoms with Crippen LogP contribution in [0.1, 0.15) is 50.5 Å². The summed E-state index contributed by atoms with van der Waals surface area (Å²) in [7, 11) is 0. The minimum Gasteiger partial charge on any atom is -0.316 e. The number of carbonyl (C=O) groups excluding carboxylic acids is 1. The number of hydrogen-bond acceptors (Lipinski definition) is 2. The number of benzene rings is 1. The minimum absolute atomic E-state index is 0.00617. The van der Waals surface area contributed by atoms with Crippen LogP contribution in [-0.4, -0.2) is 25.0 Å². The van der Waals surface area contributed by atoms with Gasteiger partial charge in [-0.25, -0.2) is 0 Å². The Kier molecular flexibility index (Phi) is 5.67. The largest absolute Gasteiger partial charge is 0.416 e. The van der Waals surface area contributed by atoms with Gasteiger partial charge in [-0.15, -0.1) is 0 Å². The maximum atomic E-state index is 13.2. The number of nitrogens with zero attached hydrogens (tertiary/aromatic N) is 1. The molecule has 1 saturated heterocycles. The number of alkyl halides is 3. The van der Waals surface area contributed by atoms with Crippen molar-refractivity contribution in [2.75, 3.05) is 18.0 Å². The van der Waals surface area contributed by atoms with Crippen molar-refractivity contribution in [1.82, 2.24) is 5.32 Å². The second kappa shape index (κ2) is 7.77. The predicted molar refractivity (Wildman–Crippen MR) is 91.4 cm³/mol. The van der Waals surface area contributed by atoms with Crippen molar-refractivity contribution in [3.8, 4) is 0 Å². The molecule has 1 aromatic carbocycles. The molecule has 1 aliphatic carbocycles. The van der Waals surface area contributed by atoms with Gasteiger partial charge in [-0.2, -0.15) is 13.2 Å². The van der Waals surface area contributed by atoms with Crippen molar-refractivity contribution < 1.29 is 18.0 Å². The first-order valence-electron chi connectivity index (χ1n) is 9.18. The molecule has 1 atom stereocenters. The van der Waals surface area contributed by atoms with E-state index in [0.717, 1.165) is 63.6 Å². The van der Waals surface area contributed by atoms with Crippen LogP contribution in [0.2, 0.25) is 0 Å². The topological polar surface area (TPSA) is 32.3 Å². The monoisotopic (exact) mass is 354 g/mol. The van der Waals surface area contributed by atoms with E-state index in [1.54, 1.807) is 11.0 Å². The van der Waals surface area contributed by atoms with Crippen molar-refractivity contribution >= 4 is 11.6 Å². The number of piperidine rings is 1. The second-order valence-corrected chi connectivity index (χ2v) is 7.09. The molecule has 138 valence electrons. The molecule has 0 spiro atoms. The molecule has 0 bridgehead atoms. The molecular weight excluding hydrogens is 329 g/mol. The van der Waals surface area contributed by atoms with Crippen molar-refractivity contribution in [1.29, 1.82) is 0 Å². The summed E-state index contributed by atoms with van der Waals surface area (Å²) in [6.45, 7) is 1.51. The van der Waals surface area contributed by atoms with E-state index in [-0.39, 0.29) is 17.9 Å². The van der Waals surface area contributed by atoms with E-state index in [2.05, 4.69) is 5.32 Å². The molecule has 1 amide bonds. The van der Waals surface area contributed by atoms with Crippen LogP contribution in [0.15, 0.2) is 24.3 Å². The van der Waals surface area contributed by atoms with E-state index in [1.807, 2.05) is 0 Å². The molecule has 25 heavy (non-hydrogen) atoms. The highest BCUT2D eigenvalue weighted by atomic mass is 19.4. The van der Waals surface area contributed by atoms with Crippen LogP contribution in [0.3, 0.4) is 0 Å². The Bertz CT molecular complexity index is 591. The van der Waals surface area contributed by atoms with Crippen LogP contribution in [0.25, 0.3) is 0 Å². The molecule has 3 rings (SSSR count). The van der Waals surface area contributed by atoms with E-state index in [4.69, 9.17) is 0 Å². The molecule has 0 aromatic heterocycles. The number of halogens is 3. The number of amides is 1. The van der Waals surface area contributed by atoms with Crippen LogP contribution < -0.4 is 10.2 Å². The zero-order chi connectivity index (χ0) is 17.9. The summed E-state index contributed by atoms with van der Waals surface area (Å²) in [6, 6.07) is 5.24. The Labute approximate surface area is 146 Å². The van der Waals surface area contributed by atoms with Gasteiger partial charge in [0.05, 0.1) is 11.5 Å². The van der Waals surface area contributed by atoms with Crippen LogP contribution in [0, 0.1) is 5.92 Å². The van der Waals surface area contributed by atoms with Gasteiger partial charge in [0.15, 0.2) is 0 Å². The Morgan fingerprint density at radius 3 is 2.48 bits per heavy atom. The standard InChI is InChI=1S/C19H25F3N2O/c20-19(21,22)15-7-4-10-17(12-15)24(16-8-2-1-3-9-16)18(25)14-6-5-11-23-13-14/h4,7,10,12,14,16,23H,1-3,5-6,8-9,11,13H2/t14-/m0/s1. The molecule has 1 aliphatic heterocycles. The Morgan fingerprint density at radius 2 is 1.84 bits per heavy atom. The van der Waals surface area contributed by atoms with Gasteiger partial charge >= 0.3 is 6.18 Å². The van der Waals surface area contributed by atoms with E-state index in [9.17, 15) is 18.0 Å². The number of anilines is 1. The van der Waals surface area contributed by atoms with E-state index in [1.165, 1.54) is 6.07 Å². The highest BCUT2D eigenvalue weighted by Crippen LogP contribution is 2.35. The average molecular weight is 354 g/mol. The van der Waals surface area contributed by atoms with Gasteiger partial charge in [0.25, 0.3) is 0 Å². The molecule has 1 N–H and O–H groups in total. The molecule has 0 radical (unpaired) electrons. The fourth-order valence-corrected chi connectivity index (χ4v) is 3.95. The van der Waals surface area contributed by atoms with Crippen LogP contribution in [-0.2, 0) is 11.0 Å². The first kappa shape index (κ1) is 18.2. The highest BCUT2D eigenvalue weighted by molar-refractivity contribution is 5.96. The molecule has 3 nitrogen and oxygen atoms in total. The quantitative estimate of drug-likeness (QED) is 0.874. The second-order valence-electron chi connectivity index (χ2n) is 7.09. The number of nitrogens with one attached hydrogen (secondary N) is 1. The third-order valence-corrected chi connectivity index (χ3v) is 5.28. The average Bonchev–Trinajstić information content (AvgIpc) is 2.63. The summed E-state index contributed by atoms with van der Waals surface area (Å²) in [5, 5.41) is 3.23. The normalized spacial score (nSPS) is 22.6. The van der Waals surface area contributed by atoms with Crippen LogP contribution >= 0.6 is 0 Å². The lowest BCUT2D eigenvalue weighted by Crippen LogP contribution is -2.48. The van der Waals surface area contributed by atoms with Crippen LogP contribution in [0.4, 0.5) is 18.9 Å². The molecule has 1 aromatic rings. The Hall–Kier alpha value is -1.56. The summed E-state index contributed by atoms with van der Waals surface area (Å²) >= 11 is 0. The van der Waals surface area contributed by atoms with E-state index in [0.29, 0.717) is 12.2 Å². The first-order chi connectivity index (χ1) is 12.0. The predicted octanol–water partition coefficient (Wildman–Crippen LogP) is 4.37.